The monoisotopic (exact) mass is 483 g/mol. The molecule has 0 radical (unpaired) electrons. The summed E-state index contributed by atoms with van der Waals surface area (Å²) < 4.78 is 28.8. The van der Waals surface area contributed by atoms with Crippen molar-refractivity contribution in [3.63, 3.8) is 0 Å². The van der Waals surface area contributed by atoms with Gasteiger partial charge in [0.2, 0.25) is 21.8 Å². The number of hydrogen-bond acceptors (Lipinski definition) is 4. The van der Waals surface area contributed by atoms with Crippen molar-refractivity contribution in [1.82, 2.24) is 9.62 Å². The van der Waals surface area contributed by atoms with Crippen LogP contribution in [0.15, 0.2) is 53.4 Å². The zero-order valence-electron chi connectivity index (χ0n) is 19.6. The Morgan fingerprint density at radius 3 is 2.38 bits per heavy atom. The molecule has 1 saturated carbocycles. The van der Waals surface area contributed by atoms with Gasteiger partial charge in [0.25, 0.3) is 0 Å². The Kier molecular flexibility index (Phi) is 7.68. The second-order valence-corrected chi connectivity index (χ2v) is 11.0. The number of carbonyl (C=O) groups is 2. The molecule has 0 aromatic heterocycles. The van der Waals surface area contributed by atoms with Gasteiger partial charge in [-0.05, 0) is 54.7 Å². The molecule has 1 aliphatic carbocycles. The Bertz CT molecular complexity index is 1120. The predicted molar refractivity (Wildman–Crippen MR) is 132 cm³/mol. The number of benzene rings is 2. The van der Waals surface area contributed by atoms with E-state index in [1.165, 1.54) is 22.9 Å². The summed E-state index contributed by atoms with van der Waals surface area (Å²) in [6.07, 6.45) is 6.44. The fraction of sp³-hybridized carbons (Fsp3) is 0.462. The van der Waals surface area contributed by atoms with Gasteiger partial charge in [-0.1, -0.05) is 50.5 Å². The first-order chi connectivity index (χ1) is 16.4. The second kappa shape index (κ2) is 10.7. The third kappa shape index (κ3) is 5.50. The smallest absolute Gasteiger partial charge is 0.243 e. The maximum Gasteiger partial charge on any atom is 0.243 e. The molecule has 4 rings (SSSR count). The van der Waals surface area contributed by atoms with Gasteiger partial charge in [0.05, 0.1) is 10.9 Å². The highest BCUT2D eigenvalue weighted by molar-refractivity contribution is 7.89. The number of carbonyl (C=O) groups excluding carboxylic acids is 2. The van der Waals surface area contributed by atoms with E-state index in [2.05, 4.69) is 10.6 Å². The maximum absolute atomic E-state index is 13.7. The number of rotatable bonds is 7. The van der Waals surface area contributed by atoms with Crippen LogP contribution < -0.4 is 10.6 Å². The van der Waals surface area contributed by atoms with Crippen LogP contribution in [0.3, 0.4) is 0 Å². The molecule has 0 saturated heterocycles. The number of fused-ring (bicyclic) bond motifs is 1. The fourth-order valence-corrected chi connectivity index (χ4v) is 6.54. The molecule has 1 fully saturated rings. The molecule has 2 N–H and O–H groups in total. The molecule has 1 atom stereocenters. The van der Waals surface area contributed by atoms with Crippen LogP contribution in [0, 0.1) is 0 Å². The van der Waals surface area contributed by atoms with Crippen LogP contribution >= 0.6 is 0 Å². The summed E-state index contributed by atoms with van der Waals surface area (Å²) in [6.45, 7) is 2.07. The Hall–Kier alpha value is -2.71. The van der Waals surface area contributed by atoms with Crippen molar-refractivity contribution in [3.8, 4) is 0 Å². The lowest BCUT2D eigenvalue weighted by atomic mass is 9.91. The molecule has 0 unspecified atom stereocenters. The largest absolute Gasteiger partial charge is 0.353 e. The van der Waals surface area contributed by atoms with E-state index in [9.17, 15) is 18.0 Å². The Morgan fingerprint density at radius 2 is 1.68 bits per heavy atom. The molecule has 2 aromatic carbocycles. The van der Waals surface area contributed by atoms with Gasteiger partial charge < -0.3 is 10.6 Å². The summed E-state index contributed by atoms with van der Waals surface area (Å²) >= 11 is 0. The van der Waals surface area contributed by atoms with Crippen LogP contribution in [0.1, 0.15) is 69.0 Å². The Morgan fingerprint density at radius 1 is 0.971 bits per heavy atom. The van der Waals surface area contributed by atoms with E-state index in [1.54, 1.807) is 19.1 Å². The Balaban J connectivity index is 1.58. The number of amides is 2. The van der Waals surface area contributed by atoms with E-state index in [4.69, 9.17) is 0 Å². The van der Waals surface area contributed by atoms with Gasteiger partial charge in [-0.3, -0.25) is 9.59 Å². The van der Waals surface area contributed by atoms with Gasteiger partial charge in [-0.2, -0.15) is 4.31 Å². The van der Waals surface area contributed by atoms with Gasteiger partial charge in [-0.25, -0.2) is 8.42 Å². The van der Waals surface area contributed by atoms with Gasteiger partial charge in [0.15, 0.2) is 0 Å². The highest BCUT2D eigenvalue weighted by atomic mass is 32.2. The maximum atomic E-state index is 13.7. The minimum atomic E-state index is -3.84. The summed E-state index contributed by atoms with van der Waals surface area (Å²) in [5.74, 6) is -0.237. The SMILES string of the molecule is CCC(=O)Nc1ccc(S(=O)(=O)N2CCc3ccccc3[C@@H]2CC(=O)NC2CCCCC2)cc1. The zero-order chi connectivity index (χ0) is 24.1. The fourth-order valence-electron chi connectivity index (χ4n) is 4.93. The summed E-state index contributed by atoms with van der Waals surface area (Å²) in [5, 5.41) is 5.88. The topological polar surface area (TPSA) is 95.6 Å². The number of hydrogen-bond donors (Lipinski definition) is 2. The predicted octanol–water partition coefficient (Wildman–Crippen LogP) is 4.16. The van der Waals surface area contributed by atoms with Crippen LogP contribution in [-0.4, -0.2) is 37.1 Å². The van der Waals surface area contributed by atoms with Crippen molar-refractivity contribution in [3.05, 3.63) is 59.7 Å². The molecule has 7 nitrogen and oxygen atoms in total. The molecule has 8 heteroatoms. The average Bonchev–Trinajstić information content (AvgIpc) is 2.85. The number of nitrogens with one attached hydrogen (secondary N) is 2. The van der Waals surface area contributed by atoms with E-state index in [-0.39, 0.29) is 29.2 Å². The first kappa shape index (κ1) is 24.4. The summed E-state index contributed by atoms with van der Waals surface area (Å²) in [4.78, 5) is 24.8. The molecular weight excluding hydrogens is 450 g/mol. The molecule has 2 aliphatic rings. The summed E-state index contributed by atoms with van der Waals surface area (Å²) in [5.41, 5.74) is 2.53. The van der Waals surface area contributed by atoms with E-state index in [0.717, 1.165) is 36.8 Å². The minimum absolute atomic E-state index is 0.0946. The van der Waals surface area contributed by atoms with E-state index < -0.39 is 16.1 Å². The quantitative estimate of drug-likeness (QED) is 0.618. The second-order valence-electron chi connectivity index (χ2n) is 9.11. The first-order valence-corrected chi connectivity index (χ1v) is 13.6. The third-order valence-electron chi connectivity index (χ3n) is 6.78. The summed E-state index contributed by atoms with van der Waals surface area (Å²) in [6, 6.07) is 13.6. The molecule has 2 amide bonds. The Labute approximate surface area is 202 Å². The standard InChI is InChI=1S/C26H33N3O4S/c1-2-25(30)27-21-12-14-22(15-13-21)34(32,33)29-17-16-19-8-6-7-11-23(19)24(29)18-26(31)28-20-9-4-3-5-10-20/h6-8,11-15,20,24H,2-5,9-10,16-18H2,1H3,(H,27,30)(H,28,31)/t24-/m0/s1. The van der Waals surface area contributed by atoms with Gasteiger partial charge in [-0.15, -0.1) is 0 Å². The number of anilines is 1. The van der Waals surface area contributed by atoms with Crippen LogP contribution in [0.4, 0.5) is 5.69 Å². The van der Waals surface area contributed by atoms with Crippen molar-refractivity contribution < 1.29 is 18.0 Å². The number of nitrogens with zero attached hydrogens (tertiary/aromatic N) is 1. The first-order valence-electron chi connectivity index (χ1n) is 12.2. The zero-order valence-corrected chi connectivity index (χ0v) is 20.4. The van der Waals surface area contributed by atoms with Crippen molar-refractivity contribution in [1.29, 1.82) is 0 Å². The van der Waals surface area contributed by atoms with Crippen molar-refractivity contribution >= 4 is 27.5 Å². The molecule has 1 aliphatic heterocycles. The highest BCUT2D eigenvalue weighted by Gasteiger charge is 2.37. The normalized spacial score (nSPS) is 19.3. The lowest BCUT2D eigenvalue weighted by Gasteiger charge is -2.36. The lowest BCUT2D eigenvalue weighted by Crippen LogP contribution is -2.43. The molecular formula is C26H33N3O4S. The van der Waals surface area contributed by atoms with Crippen LogP contribution in [0.2, 0.25) is 0 Å². The van der Waals surface area contributed by atoms with Crippen molar-refractivity contribution in [2.24, 2.45) is 0 Å². The molecule has 1 heterocycles. The van der Waals surface area contributed by atoms with Gasteiger partial charge >= 0.3 is 0 Å². The molecule has 182 valence electrons. The average molecular weight is 484 g/mol. The molecule has 34 heavy (non-hydrogen) atoms. The van der Waals surface area contributed by atoms with Crippen molar-refractivity contribution in [2.45, 2.75) is 75.3 Å². The molecule has 0 bridgehead atoms. The molecule has 2 aromatic rings. The van der Waals surface area contributed by atoms with Crippen LogP contribution in [0.5, 0.6) is 0 Å². The lowest BCUT2D eigenvalue weighted by molar-refractivity contribution is -0.123. The van der Waals surface area contributed by atoms with E-state index in [1.807, 2.05) is 24.3 Å². The van der Waals surface area contributed by atoms with E-state index in [0.29, 0.717) is 25.1 Å². The van der Waals surface area contributed by atoms with Gasteiger partial charge in [0.1, 0.15) is 0 Å². The van der Waals surface area contributed by atoms with Crippen molar-refractivity contribution in [2.75, 3.05) is 11.9 Å². The van der Waals surface area contributed by atoms with Crippen LogP contribution in [-0.2, 0) is 26.0 Å². The summed E-state index contributed by atoms with van der Waals surface area (Å²) in [7, 11) is -3.84. The third-order valence-corrected chi connectivity index (χ3v) is 8.70. The number of sulfonamides is 1. The minimum Gasteiger partial charge on any atom is -0.353 e. The van der Waals surface area contributed by atoms with Crippen LogP contribution in [0.25, 0.3) is 0 Å². The van der Waals surface area contributed by atoms with E-state index >= 15 is 0 Å². The van der Waals surface area contributed by atoms with Gasteiger partial charge in [0, 0.05) is 31.1 Å². The highest BCUT2D eigenvalue weighted by Crippen LogP contribution is 2.36. The molecule has 0 spiro atoms.